The standard InChI is InChI=1S/C27H42B2N2O6/c1-15-18-20(29-36-26(11,12)27(13,14)37-29)17(3)31(22(32)33-23(4,5)6)21(18)30-16(2)19(15)28-34-24(7,8)25(9,10)35-28/h1-14H3. The van der Waals surface area contributed by atoms with Gasteiger partial charge in [0.1, 0.15) is 11.2 Å². The summed E-state index contributed by atoms with van der Waals surface area (Å²) in [5.41, 5.74) is 1.66. The smallest absolute Gasteiger partial charge is 0.443 e. The molecular formula is C27H42B2N2O6. The molecule has 2 aromatic rings. The summed E-state index contributed by atoms with van der Waals surface area (Å²) >= 11 is 0. The van der Waals surface area contributed by atoms with E-state index in [1.807, 2.05) is 96.9 Å². The quantitative estimate of drug-likeness (QED) is 0.554. The third-order valence-electron chi connectivity index (χ3n) is 8.43. The van der Waals surface area contributed by atoms with Crippen LogP contribution < -0.4 is 10.9 Å². The number of nitrogens with zero attached hydrogens (tertiary/aromatic N) is 2. The minimum Gasteiger partial charge on any atom is -0.443 e. The predicted molar refractivity (Wildman–Crippen MR) is 147 cm³/mol. The Labute approximate surface area is 222 Å². The first-order chi connectivity index (χ1) is 16.6. The molecule has 2 saturated heterocycles. The summed E-state index contributed by atoms with van der Waals surface area (Å²) in [6.07, 6.45) is -0.493. The largest absolute Gasteiger partial charge is 0.497 e. The Bertz CT molecular complexity index is 1240. The molecule has 0 aliphatic carbocycles. The zero-order valence-electron chi connectivity index (χ0n) is 25.0. The molecule has 0 unspecified atom stereocenters. The van der Waals surface area contributed by atoms with Gasteiger partial charge in [-0.3, -0.25) is 0 Å². The van der Waals surface area contributed by atoms with Crippen molar-refractivity contribution in [1.82, 2.24) is 9.55 Å². The highest BCUT2D eigenvalue weighted by molar-refractivity contribution is 6.67. The molecule has 0 atom stereocenters. The molecule has 0 aromatic carbocycles. The topological polar surface area (TPSA) is 81.0 Å². The van der Waals surface area contributed by atoms with Gasteiger partial charge in [-0.1, -0.05) is 0 Å². The molecule has 2 aliphatic rings. The van der Waals surface area contributed by atoms with Crippen molar-refractivity contribution in [2.24, 2.45) is 0 Å². The average molecular weight is 512 g/mol. The van der Waals surface area contributed by atoms with E-state index in [-0.39, 0.29) is 0 Å². The highest BCUT2D eigenvalue weighted by atomic mass is 16.7. The lowest BCUT2D eigenvalue weighted by Gasteiger charge is -2.32. The Kier molecular flexibility index (Phi) is 6.32. The number of rotatable bonds is 2. The van der Waals surface area contributed by atoms with Gasteiger partial charge in [0, 0.05) is 27.7 Å². The molecule has 37 heavy (non-hydrogen) atoms. The monoisotopic (exact) mass is 512 g/mol. The van der Waals surface area contributed by atoms with Gasteiger partial charge >= 0.3 is 20.3 Å². The maximum absolute atomic E-state index is 13.5. The highest BCUT2D eigenvalue weighted by Crippen LogP contribution is 2.39. The third-order valence-corrected chi connectivity index (χ3v) is 8.43. The summed E-state index contributed by atoms with van der Waals surface area (Å²) in [5, 5.41) is 0.789. The second-order valence-electron chi connectivity index (χ2n) is 13.4. The van der Waals surface area contributed by atoms with Crippen LogP contribution in [0.4, 0.5) is 4.79 Å². The van der Waals surface area contributed by atoms with Gasteiger partial charge in [0.2, 0.25) is 0 Å². The fourth-order valence-electron chi connectivity index (χ4n) is 4.88. The van der Waals surface area contributed by atoms with Crippen LogP contribution in [-0.2, 0) is 23.4 Å². The average Bonchev–Trinajstić information content (AvgIpc) is 3.16. The zero-order valence-corrected chi connectivity index (χ0v) is 25.0. The minimum atomic E-state index is -0.689. The lowest BCUT2D eigenvalue weighted by atomic mass is 9.71. The van der Waals surface area contributed by atoms with Crippen molar-refractivity contribution >= 4 is 42.3 Å². The normalized spacial score (nSPS) is 22.2. The Morgan fingerprint density at radius 1 is 0.784 bits per heavy atom. The first kappa shape index (κ1) is 28.1. The lowest BCUT2D eigenvalue weighted by molar-refractivity contribution is 0.00578. The van der Waals surface area contributed by atoms with E-state index in [4.69, 9.17) is 28.3 Å². The van der Waals surface area contributed by atoms with E-state index < -0.39 is 48.3 Å². The number of carbonyl (C=O) groups is 1. The Hall–Kier alpha value is -1.87. The van der Waals surface area contributed by atoms with Crippen LogP contribution >= 0.6 is 0 Å². The molecule has 0 spiro atoms. The Morgan fingerprint density at radius 3 is 1.59 bits per heavy atom. The molecule has 0 radical (unpaired) electrons. The molecular weight excluding hydrogens is 470 g/mol. The summed E-state index contributed by atoms with van der Waals surface area (Å²) in [6.45, 7) is 27.5. The van der Waals surface area contributed by atoms with E-state index in [0.29, 0.717) is 11.3 Å². The van der Waals surface area contributed by atoms with Crippen molar-refractivity contribution < 1.29 is 28.1 Å². The van der Waals surface area contributed by atoms with Crippen molar-refractivity contribution in [3.8, 4) is 0 Å². The van der Waals surface area contributed by atoms with Crippen LogP contribution in [0.15, 0.2) is 0 Å². The molecule has 202 valence electrons. The first-order valence-corrected chi connectivity index (χ1v) is 13.1. The maximum atomic E-state index is 13.5. The van der Waals surface area contributed by atoms with Crippen molar-refractivity contribution in [3.63, 3.8) is 0 Å². The van der Waals surface area contributed by atoms with Gasteiger partial charge in [0.25, 0.3) is 0 Å². The molecule has 10 heteroatoms. The molecule has 2 fully saturated rings. The van der Waals surface area contributed by atoms with Crippen LogP contribution in [0.3, 0.4) is 0 Å². The lowest BCUT2D eigenvalue weighted by Crippen LogP contribution is -2.41. The summed E-state index contributed by atoms with van der Waals surface area (Å²) in [5.74, 6) is 0. The number of pyridine rings is 1. The second kappa shape index (κ2) is 8.31. The molecule has 0 bridgehead atoms. The fraction of sp³-hybridized carbons (Fsp3) is 0.704. The molecule has 2 aromatic heterocycles. The number of ether oxygens (including phenoxy) is 1. The van der Waals surface area contributed by atoms with E-state index in [2.05, 4.69) is 0 Å². The van der Waals surface area contributed by atoms with E-state index in [1.54, 1.807) is 0 Å². The number of aryl methyl sites for hydroxylation is 2. The van der Waals surface area contributed by atoms with E-state index >= 15 is 0 Å². The van der Waals surface area contributed by atoms with Crippen molar-refractivity contribution in [3.05, 3.63) is 17.0 Å². The van der Waals surface area contributed by atoms with Gasteiger partial charge < -0.3 is 23.4 Å². The third kappa shape index (κ3) is 4.44. The number of fused-ring (bicyclic) bond motifs is 1. The van der Waals surface area contributed by atoms with E-state index in [0.717, 1.165) is 27.6 Å². The summed E-state index contributed by atoms with van der Waals surface area (Å²) in [4.78, 5) is 18.4. The van der Waals surface area contributed by atoms with E-state index in [1.165, 1.54) is 4.57 Å². The van der Waals surface area contributed by atoms with Crippen LogP contribution in [0.5, 0.6) is 0 Å². The summed E-state index contributed by atoms with van der Waals surface area (Å²) in [6, 6.07) is 0. The SMILES string of the molecule is Cc1nc2c(c(C)c1B1OC(C)(C)C(C)(C)O1)c(B1OC(C)(C)C(C)(C)O1)c(C)n2C(=O)OC(C)(C)C. The van der Waals surface area contributed by atoms with Gasteiger partial charge in [-0.15, -0.1) is 0 Å². The summed E-state index contributed by atoms with van der Waals surface area (Å²) < 4.78 is 33.1. The maximum Gasteiger partial charge on any atom is 0.497 e. The molecule has 2 aliphatic heterocycles. The highest BCUT2D eigenvalue weighted by Gasteiger charge is 2.55. The number of hydrogen-bond donors (Lipinski definition) is 0. The number of aromatic nitrogens is 2. The van der Waals surface area contributed by atoms with Crippen molar-refractivity contribution in [2.45, 2.75) is 125 Å². The van der Waals surface area contributed by atoms with Crippen LogP contribution in [0, 0.1) is 20.8 Å². The Balaban J connectivity index is 1.99. The van der Waals surface area contributed by atoms with Gasteiger partial charge in [-0.2, -0.15) is 0 Å². The number of carbonyl (C=O) groups excluding carboxylic acids is 1. The second-order valence-corrected chi connectivity index (χ2v) is 13.4. The fourth-order valence-corrected chi connectivity index (χ4v) is 4.88. The molecule has 4 rings (SSSR count). The zero-order chi connectivity index (χ0) is 28.1. The van der Waals surface area contributed by atoms with Gasteiger partial charge in [-0.25, -0.2) is 14.3 Å². The minimum absolute atomic E-state index is 0.493. The van der Waals surface area contributed by atoms with Crippen LogP contribution in [0.1, 0.15) is 93.1 Å². The molecule has 4 heterocycles. The van der Waals surface area contributed by atoms with E-state index in [9.17, 15) is 4.79 Å². The molecule has 0 N–H and O–H groups in total. The van der Waals surface area contributed by atoms with Gasteiger partial charge in [0.15, 0.2) is 0 Å². The number of hydrogen-bond acceptors (Lipinski definition) is 7. The van der Waals surface area contributed by atoms with Crippen LogP contribution in [0.2, 0.25) is 0 Å². The van der Waals surface area contributed by atoms with Crippen LogP contribution in [0.25, 0.3) is 11.0 Å². The van der Waals surface area contributed by atoms with Crippen LogP contribution in [-0.4, -0.2) is 57.9 Å². The first-order valence-electron chi connectivity index (χ1n) is 13.1. The van der Waals surface area contributed by atoms with Gasteiger partial charge in [-0.05, 0) is 102 Å². The molecule has 0 saturated carbocycles. The molecule has 8 nitrogen and oxygen atoms in total. The van der Waals surface area contributed by atoms with Crippen molar-refractivity contribution in [2.75, 3.05) is 0 Å². The van der Waals surface area contributed by atoms with Crippen molar-refractivity contribution in [1.29, 1.82) is 0 Å². The summed E-state index contributed by atoms with van der Waals surface area (Å²) in [7, 11) is -1.29. The van der Waals surface area contributed by atoms with Gasteiger partial charge in [0.05, 0.1) is 22.4 Å². The Morgan fingerprint density at radius 2 is 1.19 bits per heavy atom. The predicted octanol–water partition coefficient (Wildman–Crippen LogP) is 4.34. The molecule has 0 amide bonds.